The van der Waals surface area contributed by atoms with Crippen LogP contribution in [0.1, 0.15) is 18.5 Å². The summed E-state index contributed by atoms with van der Waals surface area (Å²) in [6.07, 6.45) is 0. The first-order valence-electron chi connectivity index (χ1n) is 7.85. The maximum Gasteiger partial charge on any atom is 0.319 e. The molecule has 0 bridgehead atoms. The zero-order chi connectivity index (χ0) is 18.7. The van der Waals surface area contributed by atoms with Gasteiger partial charge in [-0.05, 0) is 24.6 Å². The number of amides is 2. The Bertz CT molecular complexity index is 894. The van der Waals surface area contributed by atoms with Crippen LogP contribution in [0.15, 0.2) is 65.9 Å². The van der Waals surface area contributed by atoms with Crippen LogP contribution in [0.3, 0.4) is 0 Å². The first-order valence-corrected chi connectivity index (χ1v) is 8.25. The molecule has 7 nitrogen and oxygen atoms in total. The number of non-ortho nitro benzene ring substituents is 1. The topological polar surface area (TPSA) is 96.3 Å². The van der Waals surface area contributed by atoms with Gasteiger partial charge in [0, 0.05) is 29.1 Å². The van der Waals surface area contributed by atoms with Gasteiger partial charge in [0.25, 0.3) is 5.69 Å². The summed E-state index contributed by atoms with van der Waals surface area (Å²) < 4.78 is 0. The fourth-order valence-electron chi connectivity index (χ4n) is 2.76. The number of nitro benzene ring substituents is 1. The van der Waals surface area contributed by atoms with Gasteiger partial charge in [0.05, 0.1) is 11.0 Å². The van der Waals surface area contributed by atoms with E-state index in [1.165, 1.54) is 12.1 Å². The molecule has 2 aromatic carbocycles. The molecule has 1 heterocycles. The van der Waals surface area contributed by atoms with Gasteiger partial charge in [-0.2, -0.15) is 0 Å². The van der Waals surface area contributed by atoms with Crippen LogP contribution in [0, 0.1) is 10.1 Å². The number of nitro groups is 1. The van der Waals surface area contributed by atoms with Gasteiger partial charge in [-0.3, -0.25) is 10.1 Å². The van der Waals surface area contributed by atoms with Gasteiger partial charge < -0.3 is 16.0 Å². The Morgan fingerprint density at radius 2 is 1.81 bits per heavy atom. The molecule has 0 saturated carbocycles. The second-order valence-corrected chi connectivity index (χ2v) is 6.15. The first-order chi connectivity index (χ1) is 12.5. The van der Waals surface area contributed by atoms with Gasteiger partial charge in [-0.1, -0.05) is 42.5 Å². The van der Waals surface area contributed by atoms with Gasteiger partial charge in [0.1, 0.15) is 4.99 Å². The van der Waals surface area contributed by atoms with Crippen LogP contribution in [0.25, 0.3) is 0 Å². The summed E-state index contributed by atoms with van der Waals surface area (Å²) >= 11 is 5.54. The molecule has 0 aliphatic carbocycles. The Labute approximate surface area is 155 Å². The summed E-state index contributed by atoms with van der Waals surface area (Å²) in [5.74, 6) is 0. The van der Waals surface area contributed by atoms with Crippen molar-refractivity contribution < 1.29 is 9.72 Å². The van der Waals surface area contributed by atoms with Crippen LogP contribution in [0.5, 0.6) is 0 Å². The Balaban J connectivity index is 1.88. The zero-order valence-electron chi connectivity index (χ0n) is 13.9. The Kier molecular flexibility index (Phi) is 4.94. The van der Waals surface area contributed by atoms with Crippen molar-refractivity contribution in [2.75, 3.05) is 5.32 Å². The number of hydrogen-bond donors (Lipinski definition) is 3. The van der Waals surface area contributed by atoms with Crippen LogP contribution in [0.4, 0.5) is 16.2 Å². The number of carbonyl (C=O) groups is 1. The van der Waals surface area contributed by atoms with Crippen LogP contribution in [-0.4, -0.2) is 15.9 Å². The molecule has 1 aliphatic rings. The molecule has 132 valence electrons. The van der Waals surface area contributed by atoms with Gasteiger partial charge >= 0.3 is 6.03 Å². The number of carbonyl (C=O) groups excluding carboxylic acids is 1. The third-order valence-corrected chi connectivity index (χ3v) is 4.30. The maximum absolute atomic E-state index is 11.9. The van der Waals surface area contributed by atoms with Crippen molar-refractivity contribution >= 4 is 34.6 Å². The van der Waals surface area contributed by atoms with Gasteiger partial charge in [0.15, 0.2) is 0 Å². The van der Waals surface area contributed by atoms with Crippen molar-refractivity contribution in [2.45, 2.75) is 13.0 Å². The number of rotatable bonds is 4. The highest BCUT2D eigenvalue weighted by Gasteiger charge is 2.29. The maximum atomic E-state index is 11.9. The predicted molar refractivity (Wildman–Crippen MR) is 103 cm³/mol. The largest absolute Gasteiger partial charge is 0.346 e. The van der Waals surface area contributed by atoms with Crippen molar-refractivity contribution in [3.05, 3.63) is 81.5 Å². The normalized spacial score (nSPS) is 16.5. The first kappa shape index (κ1) is 17.6. The summed E-state index contributed by atoms with van der Waals surface area (Å²) in [6, 6.07) is 14.8. The zero-order valence-corrected chi connectivity index (χ0v) is 14.7. The SMILES string of the molecule is CC1=C(C(=S)Nc2ccc([N+](=O)[O-])cc2)[C@@H](c2ccccc2)NC(=O)N1. The van der Waals surface area contributed by atoms with E-state index in [-0.39, 0.29) is 17.8 Å². The van der Waals surface area contributed by atoms with E-state index in [0.717, 1.165) is 11.1 Å². The lowest BCUT2D eigenvalue weighted by Crippen LogP contribution is -2.45. The van der Waals surface area contributed by atoms with Crippen LogP contribution in [-0.2, 0) is 0 Å². The van der Waals surface area contributed by atoms with Crippen LogP contribution in [0.2, 0.25) is 0 Å². The third-order valence-electron chi connectivity index (χ3n) is 3.98. The summed E-state index contributed by atoms with van der Waals surface area (Å²) in [7, 11) is 0. The van der Waals surface area contributed by atoms with E-state index in [9.17, 15) is 14.9 Å². The van der Waals surface area contributed by atoms with E-state index in [0.29, 0.717) is 16.4 Å². The summed E-state index contributed by atoms with van der Waals surface area (Å²) in [5, 5.41) is 19.5. The fraction of sp³-hybridized carbons (Fsp3) is 0.111. The molecule has 2 aromatic rings. The lowest BCUT2D eigenvalue weighted by atomic mass is 9.95. The summed E-state index contributed by atoms with van der Waals surface area (Å²) in [6.45, 7) is 1.79. The highest BCUT2D eigenvalue weighted by atomic mass is 32.1. The molecule has 0 aromatic heterocycles. The molecule has 3 N–H and O–H groups in total. The lowest BCUT2D eigenvalue weighted by molar-refractivity contribution is -0.384. The number of urea groups is 1. The smallest absolute Gasteiger partial charge is 0.319 e. The van der Waals surface area contributed by atoms with Crippen LogP contribution < -0.4 is 16.0 Å². The summed E-state index contributed by atoms with van der Waals surface area (Å²) in [4.78, 5) is 22.6. The molecule has 8 heteroatoms. The molecule has 1 atom stereocenters. The minimum Gasteiger partial charge on any atom is -0.346 e. The van der Waals surface area contributed by atoms with Gasteiger partial charge in [0.2, 0.25) is 0 Å². The molecule has 0 spiro atoms. The average Bonchev–Trinajstić information content (AvgIpc) is 2.62. The molecule has 0 unspecified atom stereocenters. The van der Waals surface area contributed by atoms with Crippen LogP contribution >= 0.6 is 12.2 Å². The number of allylic oxidation sites excluding steroid dienone is 1. The second-order valence-electron chi connectivity index (χ2n) is 5.74. The van der Waals surface area contributed by atoms with E-state index in [2.05, 4.69) is 16.0 Å². The van der Waals surface area contributed by atoms with Gasteiger partial charge in [-0.15, -0.1) is 0 Å². The second kappa shape index (κ2) is 7.32. The highest BCUT2D eigenvalue weighted by Crippen LogP contribution is 2.28. The number of nitrogens with zero attached hydrogens (tertiary/aromatic N) is 1. The number of anilines is 1. The standard InChI is InChI=1S/C18H16N4O3S/c1-11-15(16(21-18(23)19-11)12-5-3-2-4-6-12)17(26)20-13-7-9-14(10-8-13)22(24)25/h2-10,16H,1H3,(H,20,26)(H2,19,21,23)/t16-/m1/s1. The third kappa shape index (κ3) is 3.70. The minimum atomic E-state index is -0.458. The molecule has 1 aliphatic heterocycles. The Hall–Kier alpha value is -3.26. The van der Waals surface area contributed by atoms with Gasteiger partial charge in [-0.25, -0.2) is 4.79 Å². The quantitative estimate of drug-likeness (QED) is 0.435. The predicted octanol–water partition coefficient (Wildman–Crippen LogP) is 3.66. The lowest BCUT2D eigenvalue weighted by Gasteiger charge is -2.30. The molecule has 3 rings (SSSR count). The molecule has 0 fully saturated rings. The molecular weight excluding hydrogens is 352 g/mol. The van der Waals surface area contributed by atoms with Crippen molar-refractivity contribution in [2.24, 2.45) is 0 Å². The highest BCUT2D eigenvalue weighted by molar-refractivity contribution is 7.81. The fourth-order valence-corrected chi connectivity index (χ4v) is 3.14. The van der Waals surface area contributed by atoms with E-state index in [1.807, 2.05) is 30.3 Å². The molecule has 2 amide bonds. The van der Waals surface area contributed by atoms with E-state index in [1.54, 1.807) is 19.1 Å². The monoisotopic (exact) mass is 368 g/mol. The number of thiocarbonyl (C=S) groups is 1. The van der Waals surface area contributed by atoms with E-state index < -0.39 is 4.92 Å². The summed E-state index contributed by atoms with van der Waals surface area (Å²) in [5.41, 5.74) is 2.94. The molecule has 26 heavy (non-hydrogen) atoms. The van der Waals surface area contributed by atoms with Crippen molar-refractivity contribution in [1.29, 1.82) is 0 Å². The molecule has 0 saturated heterocycles. The Morgan fingerprint density at radius 3 is 2.42 bits per heavy atom. The van der Waals surface area contributed by atoms with Crippen molar-refractivity contribution in [1.82, 2.24) is 10.6 Å². The van der Waals surface area contributed by atoms with Crippen molar-refractivity contribution in [3.8, 4) is 0 Å². The molecule has 0 radical (unpaired) electrons. The van der Waals surface area contributed by atoms with E-state index in [4.69, 9.17) is 12.2 Å². The number of hydrogen-bond acceptors (Lipinski definition) is 4. The molecular formula is C18H16N4O3S. The minimum absolute atomic E-state index is 0.00521. The van der Waals surface area contributed by atoms with Crippen molar-refractivity contribution in [3.63, 3.8) is 0 Å². The van der Waals surface area contributed by atoms with E-state index >= 15 is 0 Å². The number of benzene rings is 2. The number of nitrogens with one attached hydrogen (secondary N) is 3. The average molecular weight is 368 g/mol. The Morgan fingerprint density at radius 1 is 1.15 bits per heavy atom.